The van der Waals surface area contributed by atoms with Crippen LogP contribution in [0.15, 0.2) is 23.8 Å². The Bertz CT molecular complexity index is 206. The second-order valence-electron chi connectivity index (χ2n) is 2.10. The number of hydrogen-bond acceptors (Lipinski definition) is 1. The van der Waals surface area contributed by atoms with Gasteiger partial charge in [-0.2, -0.15) is 0 Å². The van der Waals surface area contributed by atoms with E-state index in [4.69, 9.17) is 5.11 Å². The van der Waals surface area contributed by atoms with Crippen molar-refractivity contribution in [3.63, 3.8) is 0 Å². The Hall–Kier alpha value is -0.570. The van der Waals surface area contributed by atoms with Gasteiger partial charge in [-0.05, 0) is 6.42 Å². The summed E-state index contributed by atoms with van der Waals surface area (Å²) in [7, 11) is 0. The maximum absolute atomic E-state index is 10.4. The SMILES string of the molecule is O=C(O)C1=CC=CC(Br)C1. The Labute approximate surface area is 67.4 Å². The second kappa shape index (κ2) is 3.01. The van der Waals surface area contributed by atoms with Crippen molar-refractivity contribution in [3.05, 3.63) is 23.8 Å². The molecule has 0 bridgehead atoms. The van der Waals surface area contributed by atoms with E-state index in [9.17, 15) is 4.79 Å². The average Bonchev–Trinajstić information content (AvgIpc) is 1.88. The highest BCUT2D eigenvalue weighted by atomic mass is 79.9. The first-order chi connectivity index (χ1) is 4.70. The molecule has 0 aromatic heterocycles. The Kier molecular flexibility index (Phi) is 2.27. The van der Waals surface area contributed by atoms with Crippen molar-refractivity contribution in [1.82, 2.24) is 0 Å². The number of carboxylic acids is 1. The summed E-state index contributed by atoms with van der Waals surface area (Å²) in [6, 6.07) is 0. The quantitative estimate of drug-likeness (QED) is 0.658. The van der Waals surface area contributed by atoms with Crippen LogP contribution in [0, 0.1) is 0 Å². The van der Waals surface area contributed by atoms with E-state index in [0.717, 1.165) is 0 Å². The summed E-state index contributed by atoms with van der Waals surface area (Å²) in [6.07, 6.45) is 5.88. The van der Waals surface area contributed by atoms with Gasteiger partial charge in [-0.15, -0.1) is 0 Å². The number of rotatable bonds is 1. The van der Waals surface area contributed by atoms with Crippen molar-refractivity contribution >= 4 is 21.9 Å². The summed E-state index contributed by atoms with van der Waals surface area (Å²) in [5.41, 5.74) is 0.462. The Morgan fingerprint density at radius 3 is 2.90 bits per heavy atom. The summed E-state index contributed by atoms with van der Waals surface area (Å²) in [4.78, 5) is 10.6. The molecule has 54 valence electrons. The zero-order chi connectivity index (χ0) is 7.56. The molecular formula is C7H7BrO2. The predicted molar refractivity (Wildman–Crippen MR) is 42.2 cm³/mol. The third-order valence-electron chi connectivity index (χ3n) is 1.31. The van der Waals surface area contributed by atoms with Crippen LogP contribution in [0.5, 0.6) is 0 Å². The van der Waals surface area contributed by atoms with Crippen molar-refractivity contribution in [2.75, 3.05) is 0 Å². The van der Waals surface area contributed by atoms with Crippen molar-refractivity contribution in [2.24, 2.45) is 0 Å². The average molecular weight is 203 g/mol. The molecular weight excluding hydrogens is 196 g/mol. The van der Waals surface area contributed by atoms with Gasteiger partial charge in [-0.3, -0.25) is 0 Å². The lowest BCUT2D eigenvalue weighted by atomic mass is 10.1. The highest BCUT2D eigenvalue weighted by Crippen LogP contribution is 2.18. The normalized spacial score (nSPS) is 24.1. The molecule has 1 N–H and O–H groups in total. The van der Waals surface area contributed by atoms with Gasteiger partial charge in [0.1, 0.15) is 0 Å². The summed E-state index contributed by atoms with van der Waals surface area (Å²) < 4.78 is 0. The van der Waals surface area contributed by atoms with Gasteiger partial charge in [-0.1, -0.05) is 34.2 Å². The van der Waals surface area contributed by atoms with Crippen molar-refractivity contribution < 1.29 is 9.90 Å². The van der Waals surface area contributed by atoms with Crippen LogP contribution < -0.4 is 0 Å². The predicted octanol–water partition coefficient (Wildman–Crippen LogP) is 1.72. The van der Waals surface area contributed by atoms with Crippen molar-refractivity contribution in [1.29, 1.82) is 0 Å². The third kappa shape index (κ3) is 1.70. The summed E-state index contributed by atoms with van der Waals surface area (Å²) in [5, 5.41) is 8.53. The van der Waals surface area contributed by atoms with Gasteiger partial charge in [-0.25, -0.2) is 4.79 Å². The van der Waals surface area contributed by atoms with E-state index >= 15 is 0 Å². The van der Waals surface area contributed by atoms with Crippen molar-refractivity contribution in [2.45, 2.75) is 11.2 Å². The number of hydrogen-bond donors (Lipinski definition) is 1. The largest absolute Gasteiger partial charge is 0.478 e. The molecule has 10 heavy (non-hydrogen) atoms. The van der Waals surface area contributed by atoms with E-state index in [1.807, 2.05) is 6.08 Å². The molecule has 0 saturated carbocycles. The van der Waals surface area contributed by atoms with Gasteiger partial charge in [0.25, 0.3) is 0 Å². The lowest BCUT2D eigenvalue weighted by Gasteiger charge is -2.08. The van der Waals surface area contributed by atoms with Gasteiger partial charge < -0.3 is 5.11 Å². The number of aliphatic carboxylic acids is 1. The molecule has 0 saturated heterocycles. The molecule has 0 aromatic carbocycles. The zero-order valence-electron chi connectivity index (χ0n) is 5.25. The molecule has 0 radical (unpaired) electrons. The zero-order valence-corrected chi connectivity index (χ0v) is 6.84. The van der Waals surface area contributed by atoms with Crippen LogP contribution in [-0.2, 0) is 4.79 Å². The monoisotopic (exact) mass is 202 g/mol. The number of carbonyl (C=O) groups is 1. The van der Waals surface area contributed by atoms with E-state index in [0.29, 0.717) is 12.0 Å². The fourth-order valence-corrected chi connectivity index (χ4v) is 1.32. The van der Waals surface area contributed by atoms with Crippen LogP contribution >= 0.6 is 15.9 Å². The molecule has 1 rings (SSSR count). The van der Waals surface area contributed by atoms with Crippen LogP contribution in [0.25, 0.3) is 0 Å². The van der Waals surface area contributed by atoms with Gasteiger partial charge >= 0.3 is 5.97 Å². The maximum atomic E-state index is 10.4. The highest BCUT2D eigenvalue weighted by Gasteiger charge is 2.12. The fourth-order valence-electron chi connectivity index (χ4n) is 0.797. The summed E-state index contributed by atoms with van der Waals surface area (Å²) in [5.74, 6) is -0.825. The van der Waals surface area contributed by atoms with E-state index in [-0.39, 0.29) is 4.83 Å². The summed E-state index contributed by atoms with van der Waals surface area (Å²) in [6.45, 7) is 0. The third-order valence-corrected chi connectivity index (χ3v) is 1.94. The standard InChI is InChI=1S/C7H7BrO2/c8-6-3-1-2-5(4-6)7(9)10/h1-3,6H,4H2,(H,9,10). The number of halogens is 1. The summed E-state index contributed by atoms with van der Waals surface area (Å²) >= 11 is 3.31. The number of carboxylic acid groups (broad SMARTS) is 1. The minimum Gasteiger partial charge on any atom is -0.478 e. The van der Waals surface area contributed by atoms with E-state index in [2.05, 4.69) is 15.9 Å². The van der Waals surface area contributed by atoms with Gasteiger partial charge in [0.2, 0.25) is 0 Å². The molecule has 0 spiro atoms. The molecule has 2 nitrogen and oxygen atoms in total. The molecule has 0 fully saturated rings. The molecule has 0 heterocycles. The Morgan fingerprint density at radius 2 is 2.50 bits per heavy atom. The van der Waals surface area contributed by atoms with Crippen molar-refractivity contribution in [3.8, 4) is 0 Å². The minimum atomic E-state index is -0.825. The Balaban J connectivity index is 2.71. The molecule has 1 aliphatic carbocycles. The first-order valence-corrected chi connectivity index (χ1v) is 3.86. The lowest BCUT2D eigenvalue weighted by Crippen LogP contribution is -2.07. The molecule has 1 unspecified atom stereocenters. The smallest absolute Gasteiger partial charge is 0.331 e. The second-order valence-corrected chi connectivity index (χ2v) is 3.28. The minimum absolute atomic E-state index is 0.184. The molecule has 3 heteroatoms. The molecule has 0 amide bonds. The van der Waals surface area contributed by atoms with Gasteiger partial charge in [0.15, 0.2) is 0 Å². The maximum Gasteiger partial charge on any atom is 0.331 e. The van der Waals surface area contributed by atoms with Crippen LogP contribution in [0.4, 0.5) is 0 Å². The molecule has 1 atom stereocenters. The topological polar surface area (TPSA) is 37.3 Å². The molecule has 1 aliphatic rings. The van der Waals surface area contributed by atoms with Gasteiger partial charge in [0.05, 0.1) is 0 Å². The van der Waals surface area contributed by atoms with Crippen LogP contribution in [-0.4, -0.2) is 15.9 Å². The Morgan fingerprint density at radius 1 is 1.80 bits per heavy atom. The van der Waals surface area contributed by atoms with Crippen LogP contribution in [0.1, 0.15) is 6.42 Å². The van der Waals surface area contributed by atoms with E-state index < -0.39 is 5.97 Å². The first kappa shape index (κ1) is 7.54. The first-order valence-electron chi connectivity index (χ1n) is 2.95. The fraction of sp³-hybridized carbons (Fsp3) is 0.286. The number of allylic oxidation sites excluding steroid dienone is 3. The molecule has 0 aliphatic heterocycles. The number of alkyl halides is 1. The van der Waals surface area contributed by atoms with E-state index in [1.165, 1.54) is 0 Å². The van der Waals surface area contributed by atoms with Crippen LogP contribution in [0.2, 0.25) is 0 Å². The van der Waals surface area contributed by atoms with Gasteiger partial charge in [0, 0.05) is 10.4 Å². The van der Waals surface area contributed by atoms with Crippen LogP contribution in [0.3, 0.4) is 0 Å². The highest BCUT2D eigenvalue weighted by molar-refractivity contribution is 9.09. The van der Waals surface area contributed by atoms with E-state index in [1.54, 1.807) is 12.2 Å². The molecule has 0 aromatic rings. The lowest BCUT2D eigenvalue weighted by molar-refractivity contribution is -0.132.